The van der Waals surface area contributed by atoms with Crippen molar-refractivity contribution in [1.29, 1.82) is 0 Å². The van der Waals surface area contributed by atoms with E-state index in [2.05, 4.69) is 9.55 Å². The van der Waals surface area contributed by atoms with Gasteiger partial charge in [0.15, 0.2) is 0 Å². The lowest BCUT2D eigenvalue weighted by molar-refractivity contribution is 0.184. The summed E-state index contributed by atoms with van der Waals surface area (Å²) in [5, 5.41) is 9.27. The van der Waals surface area contributed by atoms with Gasteiger partial charge in [-0.2, -0.15) is 0 Å². The highest BCUT2D eigenvalue weighted by atomic mass is 35.5. The number of aliphatic hydroxyl groups is 1. The highest BCUT2D eigenvalue weighted by Crippen LogP contribution is 2.18. The number of nitrogen functional groups attached to an aromatic ring is 1. The van der Waals surface area contributed by atoms with Gasteiger partial charge in [0, 0.05) is 19.2 Å². The van der Waals surface area contributed by atoms with Gasteiger partial charge in [0.25, 0.3) is 0 Å². The number of hydrogen-bond donors (Lipinski definition) is 2. The highest BCUT2D eigenvalue weighted by Gasteiger charge is 2.08. The Morgan fingerprint density at radius 2 is 2.06 bits per heavy atom. The predicted octanol–water partition coefficient (Wildman–Crippen LogP) is 2.31. The minimum absolute atomic E-state index is 0. The minimum Gasteiger partial charge on any atom is -0.399 e. The molecule has 0 aliphatic heterocycles. The average Bonchev–Trinajstić information content (AvgIpc) is 2.52. The zero-order valence-corrected chi connectivity index (χ0v) is 12.1. The van der Waals surface area contributed by atoms with E-state index in [4.69, 9.17) is 5.73 Å². The van der Waals surface area contributed by atoms with Crippen LogP contribution in [0.4, 0.5) is 5.69 Å². The van der Waals surface area contributed by atoms with E-state index in [0.717, 1.165) is 35.4 Å². The maximum Gasteiger partial charge on any atom is 0.109 e. The first kappa shape index (κ1) is 17.0. The van der Waals surface area contributed by atoms with Gasteiger partial charge in [-0.3, -0.25) is 0 Å². The third-order valence-electron chi connectivity index (χ3n) is 2.78. The number of imidazole rings is 1. The predicted molar refractivity (Wildman–Crippen MR) is 79.6 cm³/mol. The van der Waals surface area contributed by atoms with E-state index in [0.29, 0.717) is 0 Å². The smallest absolute Gasteiger partial charge is 0.109 e. The molecule has 0 fully saturated rings. The molecular formula is C12H19Cl2N3O. The van der Waals surface area contributed by atoms with E-state index in [1.165, 1.54) is 0 Å². The van der Waals surface area contributed by atoms with Gasteiger partial charge in [-0.1, -0.05) is 0 Å². The highest BCUT2D eigenvalue weighted by molar-refractivity contribution is 5.85. The van der Waals surface area contributed by atoms with Crippen molar-refractivity contribution in [2.75, 3.05) is 5.73 Å². The summed E-state index contributed by atoms with van der Waals surface area (Å²) >= 11 is 0. The lowest BCUT2D eigenvalue weighted by atomic mass is 10.2. The van der Waals surface area contributed by atoms with Crippen LogP contribution in [0.2, 0.25) is 0 Å². The molecule has 1 aromatic heterocycles. The second kappa shape index (κ2) is 6.83. The molecule has 2 aromatic rings. The number of hydrogen-bond acceptors (Lipinski definition) is 3. The number of aliphatic hydroxyl groups excluding tert-OH is 1. The first-order chi connectivity index (χ1) is 7.58. The second-order valence-corrected chi connectivity index (χ2v) is 4.22. The fraction of sp³-hybridized carbons (Fsp3) is 0.417. The molecule has 1 heterocycles. The number of rotatable bonds is 3. The molecule has 4 nitrogen and oxygen atoms in total. The van der Waals surface area contributed by atoms with E-state index in [-0.39, 0.29) is 30.9 Å². The molecule has 18 heavy (non-hydrogen) atoms. The molecule has 2 rings (SSSR count). The Morgan fingerprint density at radius 3 is 2.67 bits per heavy atom. The van der Waals surface area contributed by atoms with Crippen LogP contribution in [-0.4, -0.2) is 20.8 Å². The Balaban J connectivity index is 0.00000144. The SMILES string of the molecule is CC(O)CCc1nc2cc(N)ccc2n1C.Cl.Cl. The van der Waals surface area contributed by atoms with Crippen molar-refractivity contribution in [2.45, 2.75) is 25.9 Å². The van der Waals surface area contributed by atoms with E-state index in [1.54, 1.807) is 6.92 Å². The number of fused-ring (bicyclic) bond motifs is 1. The molecule has 102 valence electrons. The molecule has 6 heteroatoms. The van der Waals surface area contributed by atoms with Crippen LogP contribution in [0.5, 0.6) is 0 Å². The first-order valence-corrected chi connectivity index (χ1v) is 5.47. The zero-order valence-electron chi connectivity index (χ0n) is 10.5. The number of aryl methyl sites for hydroxylation is 2. The van der Waals surface area contributed by atoms with Gasteiger partial charge in [-0.05, 0) is 31.5 Å². The maximum atomic E-state index is 9.27. The number of benzene rings is 1. The van der Waals surface area contributed by atoms with Crippen molar-refractivity contribution < 1.29 is 5.11 Å². The van der Waals surface area contributed by atoms with Crippen LogP contribution in [0.15, 0.2) is 18.2 Å². The largest absolute Gasteiger partial charge is 0.399 e. The monoisotopic (exact) mass is 291 g/mol. The summed E-state index contributed by atoms with van der Waals surface area (Å²) in [6, 6.07) is 5.73. The minimum atomic E-state index is -0.287. The summed E-state index contributed by atoms with van der Waals surface area (Å²) in [6.07, 6.45) is 1.22. The van der Waals surface area contributed by atoms with Crippen LogP contribution >= 0.6 is 24.8 Å². The lowest BCUT2D eigenvalue weighted by Crippen LogP contribution is -2.05. The summed E-state index contributed by atoms with van der Waals surface area (Å²) in [4.78, 5) is 4.52. The van der Waals surface area contributed by atoms with Gasteiger partial charge < -0.3 is 15.4 Å². The van der Waals surface area contributed by atoms with E-state index < -0.39 is 0 Å². The van der Waals surface area contributed by atoms with Gasteiger partial charge in [-0.25, -0.2) is 4.98 Å². The van der Waals surface area contributed by atoms with Crippen LogP contribution in [0.25, 0.3) is 11.0 Å². The summed E-state index contributed by atoms with van der Waals surface area (Å²) in [5.74, 6) is 0.988. The van der Waals surface area contributed by atoms with Crippen molar-refractivity contribution in [3.8, 4) is 0 Å². The fourth-order valence-corrected chi connectivity index (χ4v) is 1.83. The maximum absolute atomic E-state index is 9.27. The van der Waals surface area contributed by atoms with Crippen LogP contribution in [0, 0.1) is 0 Å². The van der Waals surface area contributed by atoms with E-state index in [1.807, 2.05) is 25.2 Å². The standard InChI is InChI=1S/C12H17N3O.2ClH/c1-8(16)3-6-12-14-10-7-9(13)4-5-11(10)15(12)2;;/h4-5,7-8,16H,3,6,13H2,1-2H3;2*1H. The third kappa shape index (κ3) is 3.51. The molecule has 1 atom stereocenters. The molecule has 3 N–H and O–H groups in total. The van der Waals surface area contributed by atoms with Crippen molar-refractivity contribution >= 4 is 41.5 Å². The molecule has 0 amide bonds. The van der Waals surface area contributed by atoms with Crippen molar-refractivity contribution in [3.05, 3.63) is 24.0 Å². The second-order valence-electron chi connectivity index (χ2n) is 4.22. The van der Waals surface area contributed by atoms with Crippen LogP contribution in [0.1, 0.15) is 19.2 Å². The number of halogens is 2. The summed E-state index contributed by atoms with van der Waals surface area (Å²) < 4.78 is 2.05. The summed E-state index contributed by atoms with van der Waals surface area (Å²) in [6.45, 7) is 1.79. The number of nitrogens with two attached hydrogens (primary N) is 1. The molecule has 0 bridgehead atoms. The molecule has 1 aromatic carbocycles. The van der Waals surface area contributed by atoms with Crippen molar-refractivity contribution in [2.24, 2.45) is 7.05 Å². The molecule has 0 saturated heterocycles. The van der Waals surface area contributed by atoms with E-state index >= 15 is 0 Å². The fourth-order valence-electron chi connectivity index (χ4n) is 1.83. The van der Waals surface area contributed by atoms with Crippen LogP contribution in [-0.2, 0) is 13.5 Å². The summed E-state index contributed by atoms with van der Waals surface area (Å²) in [5.41, 5.74) is 8.44. The van der Waals surface area contributed by atoms with Crippen LogP contribution in [0.3, 0.4) is 0 Å². The molecule has 0 radical (unpaired) electrons. The number of aromatic nitrogens is 2. The Kier molecular flexibility index (Phi) is 6.46. The Hall–Kier alpha value is -0.970. The average molecular weight is 292 g/mol. The molecule has 0 aliphatic rings. The third-order valence-corrected chi connectivity index (χ3v) is 2.78. The normalized spacial score (nSPS) is 11.7. The molecule has 0 spiro atoms. The van der Waals surface area contributed by atoms with Gasteiger partial charge in [0.2, 0.25) is 0 Å². The molecule has 0 saturated carbocycles. The quantitative estimate of drug-likeness (QED) is 0.853. The number of anilines is 1. The Morgan fingerprint density at radius 1 is 1.39 bits per heavy atom. The van der Waals surface area contributed by atoms with Crippen molar-refractivity contribution in [1.82, 2.24) is 9.55 Å². The van der Waals surface area contributed by atoms with Gasteiger partial charge in [-0.15, -0.1) is 24.8 Å². The Labute approximate surface area is 119 Å². The van der Waals surface area contributed by atoms with E-state index in [9.17, 15) is 5.11 Å². The lowest BCUT2D eigenvalue weighted by Gasteiger charge is -2.04. The molecule has 0 aliphatic carbocycles. The summed E-state index contributed by atoms with van der Waals surface area (Å²) in [7, 11) is 1.99. The number of nitrogens with zero attached hydrogens (tertiary/aromatic N) is 2. The molecule has 1 unspecified atom stereocenters. The topological polar surface area (TPSA) is 64.1 Å². The van der Waals surface area contributed by atoms with Gasteiger partial charge in [0.05, 0.1) is 17.1 Å². The zero-order chi connectivity index (χ0) is 11.7. The van der Waals surface area contributed by atoms with Crippen LogP contribution < -0.4 is 5.73 Å². The molecular weight excluding hydrogens is 273 g/mol. The Bertz CT molecular complexity index is 511. The van der Waals surface area contributed by atoms with Gasteiger partial charge >= 0.3 is 0 Å². The first-order valence-electron chi connectivity index (χ1n) is 5.47. The van der Waals surface area contributed by atoms with Crippen molar-refractivity contribution in [3.63, 3.8) is 0 Å². The van der Waals surface area contributed by atoms with Gasteiger partial charge in [0.1, 0.15) is 5.82 Å².